The van der Waals surface area contributed by atoms with Crippen molar-refractivity contribution < 1.29 is 27.5 Å². The zero-order chi connectivity index (χ0) is 21.4. The number of carbonyl (C=O) groups is 2. The van der Waals surface area contributed by atoms with Crippen LogP contribution in [-0.4, -0.2) is 62.7 Å². The highest BCUT2D eigenvalue weighted by molar-refractivity contribution is 5.79. The molecule has 1 aliphatic heterocycles. The minimum Gasteiger partial charge on any atom is -0.496 e. The van der Waals surface area contributed by atoms with E-state index in [9.17, 15) is 22.8 Å². The number of rotatable bonds is 7. The molecule has 29 heavy (non-hydrogen) atoms. The Hall–Kier alpha value is -2.29. The highest BCUT2D eigenvalue weighted by Crippen LogP contribution is 2.20. The fraction of sp³-hybridized carbons (Fsp3) is 0.600. The van der Waals surface area contributed by atoms with E-state index < -0.39 is 24.5 Å². The van der Waals surface area contributed by atoms with E-state index in [1.54, 1.807) is 14.2 Å². The molecule has 0 radical (unpaired) electrons. The molecule has 1 aliphatic rings. The van der Waals surface area contributed by atoms with Gasteiger partial charge in [-0.25, -0.2) is 0 Å². The van der Waals surface area contributed by atoms with Crippen molar-refractivity contribution >= 4 is 11.8 Å². The number of nitrogens with one attached hydrogen (secondary N) is 2. The lowest BCUT2D eigenvalue weighted by molar-refractivity contribution is -0.141. The lowest BCUT2D eigenvalue weighted by Gasteiger charge is -2.22. The molecule has 0 aromatic heterocycles. The van der Waals surface area contributed by atoms with Gasteiger partial charge in [0.25, 0.3) is 0 Å². The molecule has 0 aliphatic carbocycles. The second-order valence-electron chi connectivity index (χ2n) is 7.40. The molecule has 6 nitrogen and oxygen atoms in total. The standard InChI is InChI=1S/C20H28F3N3O3/c1-26-11-15(19(28)24-13-20(21,22)23)7-9-16(12-26)25-18(27)10-8-14-5-3-4-6-17(14)29-2/h3-6,15-16H,7-13H2,1-2H3,(H,24,28)(H,25,27)/t15-,16+/m1/s1. The molecule has 0 unspecified atom stereocenters. The molecule has 2 rings (SSSR count). The predicted molar refractivity (Wildman–Crippen MR) is 103 cm³/mol. The van der Waals surface area contributed by atoms with Crippen molar-refractivity contribution in [1.82, 2.24) is 15.5 Å². The van der Waals surface area contributed by atoms with E-state index in [-0.39, 0.29) is 11.9 Å². The summed E-state index contributed by atoms with van der Waals surface area (Å²) in [6, 6.07) is 7.36. The maximum absolute atomic E-state index is 12.4. The fourth-order valence-corrected chi connectivity index (χ4v) is 3.53. The minimum absolute atomic E-state index is 0.103. The summed E-state index contributed by atoms with van der Waals surface area (Å²) in [6.45, 7) is -0.421. The summed E-state index contributed by atoms with van der Waals surface area (Å²) in [5.74, 6) is -0.494. The average molecular weight is 415 g/mol. The largest absolute Gasteiger partial charge is 0.496 e. The number of methoxy groups -OCH3 is 1. The molecular formula is C20H28F3N3O3. The lowest BCUT2D eigenvalue weighted by Crippen LogP contribution is -2.42. The molecule has 0 bridgehead atoms. The van der Waals surface area contributed by atoms with Gasteiger partial charge in [0.05, 0.1) is 13.0 Å². The van der Waals surface area contributed by atoms with Crippen molar-refractivity contribution in [1.29, 1.82) is 0 Å². The number of hydrogen-bond donors (Lipinski definition) is 2. The number of alkyl halides is 3. The maximum atomic E-state index is 12.4. The third-order valence-corrected chi connectivity index (χ3v) is 4.94. The molecule has 1 saturated heterocycles. The number of hydrogen-bond acceptors (Lipinski definition) is 4. The first-order valence-corrected chi connectivity index (χ1v) is 9.62. The number of amides is 2. The van der Waals surface area contributed by atoms with Crippen LogP contribution in [0, 0.1) is 5.92 Å². The number of likely N-dealkylation sites (N-methyl/N-ethyl adjacent to an activating group) is 1. The van der Waals surface area contributed by atoms with Gasteiger partial charge in [-0.15, -0.1) is 0 Å². The van der Waals surface area contributed by atoms with Crippen molar-refractivity contribution in [2.45, 2.75) is 37.9 Å². The summed E-state index contributed by atoms with van der Waals surface area (Å²) in [7, 11) is 3.38. The van der Waals surface area contributed by atoms with Gasteiger partial charge in [0, 0.05) is 25.6 Å². The first kappa shape index (κ1) is 23.0. The zero-order valence-corrected chi connectivity index (χ0v) is 16.7. The fourth-order valence-electron chi connectivity index (χ4n) is 3.53. The van der Waals surface area contributed by atoms with Crippen molar-refractivity contribution in [2.24, 2.45) is 5.92 Å². The Morgan fingerprint density at radius 1 is 1.21 bits per heavy atom. The Kier molecular flexibility index (Phi) is 8.31. The summed E-state index contributed by atoms with van der Waals surface area (Å²) in [4.78, 5) is 26.3. The van der Waals surface area contributed by atoms with Gasteiger partial charge in [-0.05, 0) is 37.9 Å². The van der Waals surface area contributed by atoms with Crippen molar-refractivity contribution in [3.05, 3.63) is 29.8 Å². The van der Waals surface area contributed by atoms with Crippen molar-refractivity contribution in [3.63, 3.8) is 0 Å². The molecule has 1 fully saturated rings. The third kappa shape index (κ3) is 7.92. The number of benzene rings is 1. The van der Waals surface area contributed by atoms with Crippen LogP contribution >= 0.6 is 0 Å². The molecule has 2 N–H and O–H groups in total. The van der Waals surface area contributed by atoms with Crippen LogP contribution in [0.1, 0.15) is 24.8 Å². The van der Waals surface area contributed by atoms with Crippen molar-refractivity contribution in [2.75, 3.05) is 33.8 Å². The van der Waals surface area contributed by atoms with Gasteiger partial charge in [0.1, 0.15) is 12.3 Å². The van der Waals surface area contributed by atoms with E-state index in [1.165, 1.54) is 0 Å². The van der Waals surface area contributed by atoms with Gasteiger partial charge < -0.3 is 20.3 Å². The van der Waals surface area contributed by atoms with Gasteiger partial charge in [0.15, 0.2) is 0 Å². The summed E-state index contributed by atoms with van der Waals surface area (Å²) in [5, 5.41) is 4.94. The zero-order valence-electron chi connectivity index (χ0n) is 16.7. The average Bonchev–Trinajstić information content (AvgIpc) is 2.85. The Morgan fingerprint density at radius 2 is 1.93 bits per heavy atom. The number of halogens is 3. The van der Waals surface area contributed by atoms with E-state index in [0.717, 1.165) is 11.3 Å². The predicted octanol–water partition coefficient (Wildman–Crippen LogP) is 2.13. The lowest BCUT2D eigenvalue weighted by atomic mass is 10.0. The molecule has 0 spiro atoms. The van der Waals surface area contributed by atoms with Crippen LogP contribution < -0.4 is 15.4 Å². The molecular weight excluding hydrogens is 387 g/mol. The van der Waals surface area contributed by atoms with E-state index in [0.29, 0.717) is 38.8 Å². The van der Waals surface area contributed by atoms with E-state index in [2.05, 4.69) is 5.32 Å². The van der Waals surface area contributed by atoms with Crippen LogP contribution in [0.3, 0.4) is 0 Å². The second-order valence-corrected chi connectivity index (χ2v) is 7.40. The Labute approximate surface area is 168 Å². The Morgan fingerprint density at radius 3 is 2.62 bits per heavy atom. The molecule has 1 aromatic carbocycles. The maximum Gasteiger partial charge on any atom is 0.405 e. The normalized spacial score (nSPS) is 20.6. The molecule has 2 amide bonds. The molecule has 162 valence electrons. The molecule has 1 aromatic rings. The minimum atomic E-state index is -4.43. The smallest absolute Gasteiger partial charge is 0.405 e. The molecule has 2 atom stereocenters. The topological polar surface area (TPSA) is 70.7 Å². The monoisotopic (exact) mass is 415 g/mol. The van der Waals surface area contributed by atoms with E-state index in [1.807, 2.05) is 34.5 Å². The first-order valence-electron chi connectivity index (χ1n) is 9.62. The van der Waals surface area contributed by atoms with Gasteiger partial charge in [-0.2, -0.15) is 13.2 Å². The highest BCUT2D eigenvalue weighted by Gasteiger charge is 2.31. The number of carbonyl (C=O) groups excluding carboxylic acids is 2. The Bertz CT molecular complexity index is 697. The van der Waals surface area contributed by atoms with Gasteiger partial charge in [-0.3, -0.25) is 9.59 Å². The summed E-state index contributed by atoms with van der Waals surface area (Å²) in [5.41, 5.74) is 0.949. The SMILES string of the molecule is COc1ccccc1CCC(=O)N[C@H]1CC[C@@H](C(=O)NCC(F)(F)F)CN(C)C1. The number of ether oxygens (including phenoxy) is 1. The number of likely N-dealkylation sites (tertiary alicyclic amines) is 1. The van der Waals surface area contributed by atoms with Crippen LogP contribution in [0.2, 0.25) is 0 Å². The summed E-state index contributed by atoms with van der Waals surface area (Å²) in [6.07, 6.45) is -2.62. The Balaban J connectivity index is 1.82. The van der Waals surface area contributed by atoms with Crippen LogP contribution in [-0.2, 0) is 16.0 Å². The number of nitrogens with zero attached hydrogens (tertiary/aromatic N) is 1. The molecule has 0 saturated carbocycles. The van der Waals surface area contributed by atoms with Gasteiger partial charge in [-0.1, -0.05) is 18.2 Å². The molecule has 1 heterocycles. The second kappa shape index (κ2) is 10.5. The quantitative estimate of drug-likeness (QED) is 0.716. The first-order chi connectivity index (χ1) is 13.7. The van der Waals surface area contributed by atoms with Gasteiger partial charge >= 0.3 is 6.18 Å². The number of aryl methyl sites for hydroxylation is 1. The third-order valence-electron chi connectivity index (χ3n) is 4.94. The summed E-state index contributed by atoms with van der Waals surface area (Å²) >= 11 is 0. The van der Waals surface area contributed by atoms with Crippen LogP contribution in [0.15, 0.2) is 24.3 Å². The number of para-hydroxylation sites is 1. The van der Waals surface area contributed by atoms with Crippen LogP contribution in [0.25, 0.3) is 0 Å². The van der Waals surface area contributed by atoms with E-state index >= 15 is 0 Å². The molecule has 9 heteroatoms. The van der Waals surface area contributed by atoms with E-state index in [4.69, 9.17) is 4.74 Å². The van der Waals surface area contributed by atoms with Gasteiger partial charge in [0.2, 0.25) is 11.8 Å². The van der Waals surface area contributed by atoms with Crippen molar-refractivity contribution in [3.8, 4) is 5.75 Å². The van der Waals surface area contributed by atoms with Crippen LogP contribution in [0.5, 0.6) is 5.75 Å². The summed E-state index contributed by atoms with van der Waals surface area (Å²) < 4.78 is 42.2. The highest BCUT2D eigenvalue weighted by atomic mass is 19.4. The van der Waals surface area contributed by atoms with Crippen LogP contribution in [0.4, 0.5) is 13.2 Å².